The first-order valence-corrected chi connectivity index (χ1v) is 9.79. The number of benzene rings is 1. The Bertz CT molecular complexity index is 853. The molecule has 0 aromatic heterocycles. The van der Waals surface area contributed by atoms with Gasteiger partial charge in [0.2, 0.25) is 11.8 Å². The van der Waals surface area contributed by atoms with Crippen LogP contribution in [0.25, 0.3) is 0 Å². The van der Waals surface area contributed by atoms with Gasteiger partial charge in [-0.25, -0.2) is 0 Å². The molecular weight excluding hydrogens is 360 g/mol. The van der Waals surface area contributed by atoms with Crippen molar-refractivity contribution < 1.29 is 19.2 Å². The minimum absolute atomic E-state index is 0.114. The van der Waals surface area contributed by atoms with Crippen LogP contribution >= 0.6 is 0 Å². The molecule has 2 fully saturated rings. The summed E-state index contributed by atoms with van der Waals surface area (Å²) in [6.07, 6.45) is 3.53. The van der Waals surface area contributed by atoms with Crippen LogP contribution in [0, 0.1) is 0 Å². The maximum absolute atomic E-state index is 13.1. The zero-order chi connectivity index (χ0) is 19.8. The van der Waals surface area contributed by atoms with Gasteiger partial charge in [0, 0.05) is 25.6 Å². The van der Waals surface area contributed by atoms with Crippen molar-refractivity contribution in [3.05, 3.63) is 34.9 Å². The van der Waals surface area contributed by atoms with Crippen LogP contribution < -0.4 is 11.1 Å². The van der Waals surface area contributed by atoms with Gasteiger partial charge in [-0.05, 0) is 37.4 Å². The van der Waals surface area contributed by atoms with E-state index in [1.54, 1.807) is 12.1 Å². The molecule has 28 heavy (non-hydrogen) atoms. The first-order valence-electron chi connectivity index (χ1n) is 9.79. The lowest BCUT2D eigenvalue weighted by Gasteiger charge is -2.35. The minimum Gasteiger partial charge on any atom is -0.329 e. The largest absolute Gasteiger partial charge is 0.329 e. The van der Waals surface area contributed by atoms with Crippen molar-refractivity contribution in [1.29, 1.82) is 0 Å². The van der Waals surface area contributed by atoms with Gasteiger partial charge in [0.25, 0.3) is 11.8 Å². The van der Waals surface area contributed by atoms with Gasteiger partial charge in [-0.2, -0.15) is 0 Å². The van der Waals surface area contributed by atoms with Gasteiger partial charge in [-0.3, -0.25) is 34.3 Å². The molecule has 2 saturated heterocycles. The molecule has 3 heterocycles. The highest BCUT2D eigenvalue weighted by Gasteiger charge is 2.45. The Hall–Kier alpha value is -2.58. The molecular formula is C20H24N4O4. The van der Waals surface area contributed by atoms with E-state index < -0.39 is 23.8 Å². The van der Waals surface area contributed by atoms with Crippen molar-refractivity contribution in [2.24, 2.45) is 5.73 Å². The van der Waals surface area contributed by atoms with Crippen LogP contribution in [0.5, 0.6) is 0 Å². The highest BCUT2D eigenvalue weighted by Crippen LogP contribution is 2.31. The summed E-state index contributed by atoms with van der Waals surface area (Å²) in [5, 5.41) is 2.22. The molecule has 3 N–H and O–H groups in total. The number of likely N-dealkylation sites (tertiary alicyclic amines) is 1. The van der Waals surface area contributed by atoms with Crippen LogP contribution in [0.15, 0.2) is 18.2 Å². The second-order valence-corrected chi connectivity index (χ2v) is 7.64. The zero-order valence-corrected chi connectivity index (χ0v) is 15.6. The molecule has 2 unspecified atom stereocenters. The van der Waals surface area contributed by atoms with Gasteiger partial charge in [0.05, 0.1) is 11.1 Å². The Morgan fingerprint density at radius 2 is 1.89 bits per heavy atom. The Labute approximate surface area is 163 Å². The van der Waals surface area contributed by atoms with Gasteiger partial charge in [0.15, 0.2) is 0 Å². The predicted molar refractivity (Wildman–Crippen MR) is 100 cm³/mol. The fraction of sp³-hybridized carbons (Fsp3) is 0.500. The quantitative estimate of drug-likeness (QED) is 0.727. The first-order chi connectivity index (χ1) is 13.5. The molecule has 0 saturated carbocycles. The summed E-state index contributed by atoms with van der Waals surface area (Å²) in [5.41, 5.74) is 7.40. The van der Waals surface area contributed by atoms with Crippen molar-refractivity contribution in [3.63, 3.8) is 0 Å². The number of imide groups is 2. The average Bonchev–Trinajstić information content (AvgIpc) is 2.94. The molecule has 1 aromatic carbocycles. The van der Waals surface area contributed by atoms with Crippen molar-refractivity contribution in [2.75, 3.05) is 13.1 Å². The number of piperidine rings is 2. The fourth-order valence-electron chi connectivity index (χ4n) is 4.47. The van der Waals surface area contributed by atoms with Crippen LogP contribution in [0.3, 0.4) is 0 Å². The summed E-state index contributed by atoms with van der Waals surface area (Å²) in [5.74, 6) is -1.89. The summed E-state index contributed by atoms with van der Waals surface area (Å²) < 4.78 is 0. The molecule has 2 atom stereocenters. The maximum Gasteiger partial charge on any atom is 0.262 e. The third kappa shape index (κ3) is 3.12. The van der Waals surface area contributed by atoms with Gasteiger partial charge in [-0.15, -0.1) is 0 Å². The van der Waals surface area contributed by atoms with E-state index in [4.69, 9.17) is 5.73 Å². The number of carbonyl (C=O) groups is 4. The van der Waals surface area contributed by atoms with E-state index in [1.165, 1.54) is 0 Å². The second-order valence-electron chi connectivity index (χ2n) is 7.64. The molecule has 0 aliphatic carbocycles. The highest BCUT2D eigenvalue weighted by molar-refractivity contribution is 6.24. The molecule has 1 aromatic rings. The number of hydrogen-bond acceptors (Lipinski definition) is 6. The Morgan fingerprint density at radius 3 is 2.64 bits per heavy atom. The number of rotatable bonds is 4. The van der Waals surface area contributed by atoms with Gasteiger partial charge < -0.3 is 5.73 Å². The topological polar surface area (TPSA) is 113 Å². The lowest BCUT2D eigenvalue weighted by atomic mass is 9.98. The highest BCUT2D eigenvalue weighted by atomic mass is 16.2. The number of nitrogens with two attached hydrogens (primary N) is 1. The number of nitrogens with one attached hydrogen (secondary N) is 1. The fourth-order valence-corrected chi connectivity index (χ4v) is 4.47. The molecule has 0 bridgehead atoms. The SMILES string of the molecule is NCC1CCCCN1Cc1cccc2c1C(=O)N(C1CCC(=O)NC1=O)C2=O. The molecule has 8 nitrogen and oxygen atoms in total. The Balaban J connectivity index is 1.63. The third-order valence-electron chi connectivity index (χ3n) is 5.95. The first kappa shape index (κ1) is 18.8. The maximum atomic E-state index is 13.1. The number of carbonyl (C=O) groups excluding carboxylic acids is 4. The normalized spacial score (nSPS) is 25.8. The summed E-state index contributed by atoms with van der Waals surface area (Å²) in [6, 6.07) is 4.59. The van der Waals surface area contributed by atoms with Crippen LogP contribution in [-0.4, -0.2) is 58.6 Å². The summed E-state index contributed by atoms with van der Waals surface area (Å²) in [6.45, 7) is 2.02. The second kappa shape index (κ2) is 7.44. The van der Waals surface area contributed by atoms with E-state index in [0.29, 0.717) is 24.2 Å². The monoisotopic (exact) mass is 384 g/mol. The number of nitrogens with zero attached hydrogens (tertiary/aromatic N) is 2. The van der Waals surface area contributed by atoms with Crippen LogP contribution in [-0.2, 0) is 16.1 Å². The zero-order valence-electron chi connectivity index (χ0n) is 15.6. The molecule has 0 radical (unpaired) electrons. The predicted octanol–water partition coefficient (Wildman–Crippen LogP) is 0.401. The van der Waals surface area contributed by atoms with Crippen molar-refractivity contribution in [3.8, 4) is 0 Å². The Kier molecular flexibility index (Phi) is 4.99. The van der Waals surface area contributed by atoms with Crippen LogP contribution in [0.2, 0.25) is 0 Å². The van der Waals surface area contributed by atoms with Crippen molar-refractivity contribution in [1.82, 2.24) is 15.1 Å². The number of fused-ring (bicyclic) bond motifs is 1. The van der Waals surface area contributed by atoms with E-state index in [1.807, 2.05) is 6.07 Å². The smallest absolute Gasteiger partial charge is 0.262 e. The molecule has 3 aliphatic heterocycles. The summed E-state index contributed by atoms with van der Waals surface area (Å²) in [4.78, 5) is 53.0. The average molecular weight is 384 g/mol. The summed E-state index contributed by atoms with van der Waals surface area (Å²) >= 11 is 0. The molecule has 8 heteroatoms. The third-order valence-corrected chi connectivity index (χ3v) is 5.95. The van der Waals surface area contributed by atoms with Crippen molar-refractivity contribution in [2.45, 2.75) is 50.7 Å². The minimum atomic E-state index is -0.940. The van der Waals surface area contributed by atoms with Gasteiger partial charge >= 0.3 is 0 Å². The van der Waals surface area contributed by atoms with E-state index in [2.05, 4.69) is 10.2 Å². The standard InChI is InChI=1S/C20H24N4O4/c21-10-13-5-1-2-9-23(13)11-12-4-3-6-14-17(12)20(28)24(19(14)27)15-7-8-16(25)22-18(15)26/h3-4,6,13,15H,1-2,5,7-11,21H2,(H,22,25,26). The number of hydrogen-bond donors (Lipinski definition) is 2. The van der Waals surface area contributed by atoms with Crippen LogP contribution in [0.4, 0.5) is 0 Å². The molecule has 148 valence electrons. The van der Waals surface area contributed by atoms with Gasteiger partial charge in [-0.1, -0.05) is 18.6 Å². The van der Waals surface area contributed by atoms with E-state index >= 15 is 0 Å². The van der Waals surface area contributed by atoms with E-state index in [-0.39, 0.29) is 24.8 Å². The van der Waals surface area contributed by atoms with E-state index in [0.717, 1.165) is 36.3 Å². The molecule has 4 amide bonds. The number of amides is 4. The molecule has 3 aliphatic rings. The molecule has 0 spiro atoms. The van der Waals surface area contributed by atoms with E-state index in [9.17, 15) is 19.2 Å². The van der Waals surface area contributed by atoms with Crippen molar-refractivity contribution >= 4 is 23.6 Å². The molecule has 4 rings (SSSR count). The van der Waals surface area contributed by atoms with Gasteiger partial charge in [0.1, 0.15) is 6.04 Å². The van der Waals surface area contributed by atoms with Crippen LogP contribution in [0.1, 0.15) is 58.4 Å². The lowest BCUT2D eigenvalue weighted by Crippen LogP contribution is -2.54. The summed E-state index contributed by atoms with van der Waals surface area (Å²) in [7, 11) is 0. The lowest BCUT2D eigenvalue weighted by molar-refractivity contribution is -0.136. The Morgan fingerprint density at radius 1 is 1.07 bits per heavy atom.